The van der Waals surface area contributed by atoms with Gasteiger partial charge < -0.3 is 19.5 Å². The van der Waals surface area contributed by atoms with Gasteiger partial charge in [0.05, 0.1) is 12.2 Å². The Bertz CT molecular complexity index is 505. The number of carbonyl (C=O) groups excluding carboxylic acids is 1. The number of amides is 2. The van der Waals surface area contributed by atoms with E-state index in [4.69, 9.17) is 9.26 Å². The molecule has 128 valence electrons. The Labute approximate surface area is 136 Å². The quantitative estimate of drug-likeness (QED) is 0.903. The van der Waals surface area contributed by atoms with Gasteiger partial charge in [-0.05, 0) is 25.7 Å². The third kappa shape index (κ3) is 4.68. The van der Waals surface area contributed by atoms with Gasteiger partial charge in [-0.25, -0.2) is 4.79 Å². The Hall–Kier alpha value is -1.60. The van der Waals surface area contributed by atoms with Crippen LogP contribution in [0.15, 0.2) is 10.6 Å². The molecule has 2 aliphatic rings. The van der Waals surface area contributed by atoms with E-state index < -0.39 is 0 Å². The summed E-state index contributed by atoms with van der Waals surface area (Å²) in [6.07, 6.45) is 2.09. The molecule has 7 nitrogen and oxygen atoms in total. The first-order chi connectivity index (χ1) is 11.2. The van der Waals surface area contributed by atoms with E-state index in [1.54, 1.807) is 0 Å². The Morgan fingerprint density at radius 2 is 2.04 bits per heavy atom. The second kappa shape index (κ2) is 7.79. The topological polar surface area (TPSA) is 70.8 Å². The molecule has 7 heteroatoms. The van der Waals surface area contributed by atoms with E-state index in [1.165, 1.54) is 0 Å². The third-order valence-corrected chi connectivity index (χ3v) is 4.60. The number of carbonyl (C=O) groups is 1. The van der Waals surface area contributed by atoms with Gasteiger partial charge in [0.25, 0.3) is 0 Å². The van der Waals surface area contributed by atoms with Crippen LogP contribution in [-0.2, 0) is 11.3 Å². The van der Waals surface area contributed by atoms with Crippen molar-refractivity contribution in [3.05, 3.63) is 17.5 Å². The van der Waals surface area contributed by atoms with Crippen LogP contribution in [0.1, 0.15) is 24.3 Å². The highest BCUT2D eigenvalue weighted by Gasteiger charge is 2.23. The maximum Gasteiger partial charge on any atom is 0.317 e. The van der Waals surface area contributed by atoms with Gasteiger partial charge in [-0.3, -0.25) is 4.90 Å². The third-order valence-electron chi connectivity index (χ3n) is 4.60. The fourth-order valence-electron chi connectivity index (χ4n) is 3.11. The second-order valence-corrected chi connectivity index (χ2v) is 6.44. The number of aryl methyl sites for hydroxylation is 1. The fourth-order valence-corrected chi connectivity index (χ4v) is 3.11. The predicted octanol–water partition coefficient (Wildman–Crippen LogP) is 1.24. The number of nitrogens with zero attached hydrogens (tertiary/aromatic N) is 3. The zero-order valence-corrected chi connectivity index (χ0v) is 13.8. The van der Waals surface area contributed by atoms with E-state index in [2.05, 4.69) is 15.4 Å². The summed E-state index contributed by atoms with van der Waals surface area (Å²) in [7, 11) is 0. The molecule has 1 aromatic rings. The zero-order chi connectivity index (χ0) is 16.1. The SMILES string of the molecule is Cc1cc(CN2CCN(C(=O)NCC3CCOCC3)CC2)on1. The van der Waals surface area contributed by atoms with Gasteiger partial charge in [-0.15, -0.1) is 0 Å². The molecule has 1 aromatic heterocycles. The minimum absolute atomic E-state index is 0.0617. The molecule has 0 aromatic carbocycles. The molecule has 0 aliphatic carbocycles. The van der Waals surface area contributed by atoms with E-state index in [9.17, 15) is 4.79 Å². The summed E-state index contributed by atoms with van der Waals surface area (Å²) in [6.45, 7) is 8.33. The van der Waals surface area contributed by atoms with Crippen LogP contribution in [0.5, 0.6) is 0 Å². The van der Waals surface area contributed by atoms with Gasteiger partial charge >= 0.3 is 6.03 Å². The lowest BCUT2D eigenvalue weighted by molar-refractivity contribution is 0.0658. The van der Waals surface area contributed by atoms with Crippen LogP contribution in [-0.4, -0.2) is 66.9 Å². The normalized spacial score (nSPS) is 20.7. The van der Waals surface area contributed by atoms with Crippen molar-refractivity contribution in [1.82, 2.24) is 20.3 Å². The van der Waals surface area contributed by atoms with Gasteiger partial charge in [0.1, 0.15) is 0 Å². The van der Waals surface area contributed by atoms with Crippen LogP contribution in [0.25, 0.3) is 0 Å². The Morgan fingerprint density at radius 3 is 2.70 bits per heavy atom. The largest absolute Gasteiger partial charge is 0.381 e. The highest BCUT2D eigenvalue weighted by molar-refractivity contribution is 5.74. The van der Waals surface area contributed by atoms with E-state index in [-0.39, 0.29) is 6.03 Å². The minimum Gasteiger partial charge on any atom is -0.381 e. The summed E-state index contributed by atoms with van der Waals surface area (Å²) >= 11 is 0. The van der Waals surface area contributed by atoms with Crippen LogP contribution in [0, 0.1) is 12.8 Å². The maximum absolute atomic E-state index is 12.2. The van der Waals surface area contributed by atoms with Crippen molar-refractivity contribution < 1.29 is 14.1 Å². The Morgan fingerprint density at radius 1 is 1.30 bits per heavy atom. The molecule has 0 saturated carbocycles. The highest BCUT2D eigenvalue weighted by atomic mass is 16.5. The van der Waals surface area contributed by atoms with Crippen LogP contribution in [0.3, 0.4) is 0 Å². The van der Waals surface area contributed by atoms with Crippen molar-refractivity contribution in [2.45, 2.75) is 26.3 Å². The van der Waals surface area contributed by atoms with Crippen LogP contribution < -0.4 is 5.32 Å². The van der Waals surface area contributed by atoms with E-state index in [1.807, 2.05) is 17.9 Å². The molecule has 0 atom stereocenters. The zero-order valence-electron chi connectivity index (χ0n) is 13.8. The fraction of sp³-hybridized carbons (Fsp3) is 0.750. The number of hydrogen-bond acceptors (Lipinski definition) is 5. The smallest absolute Gasteiger partial charge is 0.317 e. The molecule has 2 saturated heterocycles. The molecule has 2 aliphatic heterocycles. The number of aromatic nitrogens is 1. The number of urea groups is 1. The van der Waals surface area contributed by atoms with Gasteiger partial charge in [-0.2, -0.15) is 0 Å². The first-order valence-corrected chi connectivity index (χ1v) is 8.46. The van der Waals surface area contributed by atoms with Crippen molar-refractivity contribution in [2.75, 3.05) is 45.9 Å². The molecule has 0 radical (unpaired) electrons. The predicted molar refractivity (Wildman–Crippen MR) is 85.0 cm³/mol. The molecule has 2 amide bonds. The number of piperazine rings is 1. The lowest BCUT2D eigenvalue weighted by atomic mass is 10.0. The molecule has 3 heterocycles. The first kappa shape index (κ1) is 16.3. The minimum atomic E-state index is 0.0617. The Balaban J connectivity index is 1.37. The molecule has 2 fully saturated rings. The average molecular weight is 322 g/mol. The lowest BCUT2D eigenvalue weighted by Gasteiger charge is -2.34. The van der Waals surface area contributed by atoms with E-state index in [0.717, 1.165) is 76.8 Å². The molecular formula is C16H26N4O3. The molecule has 0 unspecified atom stereocenters. The maximum atomic E-state index is 12.2. The number of rotatable bonds is 4. The van der Waals surface area contributed by atoms with Gasteiger partial charge in [0.2, 0.25) is 0 Å². The van der Waals surface area contributed by atoms with E-state index >= 15 is 0 Å². The molecule has 23 heavy (non-hydrogen) atoms. The second-order valence-electron chi connectivity index (χ2n) is 6.44. The number of ether oxygens (including phenoxy) is 1. The van der Waals surface area contributed by atoms with Crippen LogP contribution in [0.4, 0.5) is 4.79 Å². The van der Waals surface area contributed by atoms with Crippen molar-refractivity contribution in [3.8, 4) is 0 Å². The summed E-state index contributed by atoms with van der Waals surface area (Å²) < 4.78 is 10.6. The van der Waals surface area contributed by atoms with Gasteiger partial charge in [0.15, 0.2) is 5.76 Å². The van der Waals surface area contributed by atoms with E-state index in [0.29, 0.717) is 5.92 Å². The summed E-state index contributed by atoms with van der Waals surface area (Å²) in [4.78, 5) is 16.4. The average Bonchev–Trinajstić information content (AvgIpc) is 2.99. The highest BCUT2D eigenvalue weighted by Crippen LogP contribution is 2.14. The van der Waals surface area contributed by atoms with Gasteiger partial charge in [-0.1, -0.05) is 5.16 Å². The monoisotopic (exact) mass is 322 g/mol. The molecule has 3 rings (SSSR count). The standard InChI is InChI=1S/C16H26N4O3/c1-13-10-15(23-18-13)12-19-4-6-20(7-5-19)16(21)17-11-14-2-8-22-9-3-14/h10,14H,2-9,11-12H2,1H3,(H,17,21). The molecule has 0 spiro atoms. The molecule has 0 bridgehead atoms. The Kier molecular flexibility index (Phi) is 5.51. The van der Waals surface area contributed by atoms with Gasteiger partial charge in [0, 0.05) is 52.0 Å². The molecule has 1 N–H and O–H groups in total. The summed E-state index contributed by atoms with van der Waals surface area (Å²) in [5.74, 6) is 1.45. The van der Waals surface area contributed by atoms with Crippen molar-refractivity contribution in [2.24, 2.45) is 5.92 Å². The number of hydrogen-bond donors (Lipinski definition) is 1. The number of nitrogens with one attached hydrogen (secondary N) is 1. The summed E-state index contributed by atoms with van der Waals surface area (Å²) in [5, 5.41) is 6.98. The summed E-state index contributed by atoms with van der Waals surface area (Å²) in [6, 6.07) is 2.03. The summed E-state index contributed by atoms with van der Waals surface area (Å²) in [5.41, 5.74) is 0.908. The lowest BCUT2D eigenvalue weighted by Crippen LogP contribution is -2.52. The van der Waals surface area contributed by atoms with Crippen LogP contribution in [0.2, 0.25) is 0 Å². The van der Waals surface area contributed by atoms with Crippen molar-refractivity contribution >= 4 is 6.03 Å². The first-order valence-electron chi connectivity index (χ1n) is 8.46. The van der Waals surface area contributed by atoms with Crippen molar-refractivity contribution in [1.29, 1.82) is 0 Å². The molecular weight excluding hydrogens is 296 g/mol. The van der Waals surface area contributed by atoms with Crippen LogP contribution >= 0.6 is 0 Å². The van der Waals surface area contributed by atoms with Crippen molar-refractivity contribution in [3.63, 3.8) is 0 Å².